The first kappa shape index (κ1) is 12.2. The van der Waals surface area contributed by atoms with Crippen molar-refractivity contribution in [1.82, 2.24) is 0 Å². The Hall–Kier alpha value is -1.87. The second-order valence-corrected chi connectivity index (χ2v) is 4.04. The molecule has 5 nitrogen and oxygen atoms in total. The third-order valence-corrected chi connectivity index (χ3v) is 2.86. The monoisotopic (exact) mass is 239 g/mol. The Bertz CT molecular complexity index is 472. The summed E-state index contributed by atoms with van der Waals surface area (Å²) in [6.45, 7) is 2.93. The average Bonchev–Trinajstić information content (AvgIpc) is 2.61. The second-order valence-electron chi connectivity index (χ2n) is 3.02. The van der Waals surface area contributed by atoms with E-state index < -0.39 is 11.0 Å². The molecule has 0 saturated heterocycles. The summed E-state index contributed by atoms with van der Waals surface area (Å²) in [6.07, 6.45) is 4.53. The van der Waals surface area contributed by atoms with Crippen LogP contribution in [0.15, 0.2) is 6.07 Å². The number of hydrogen-bond acceptors (Lipinski definition) is 5. The van der Waals surface area contributed by atoms with Crippen molar-refractivity contribution in [1.29, 1.82) is 0 Å². The maximum Gasteiger partial charge on any atom is 0.323 e. The second kappa shape index (κ2) is 4.77. The van der Waals surface area contributed by atoms with Gasteiger partial charge in [-0.1, -0.05) is 17.3 Å². The van der Waals surface area contributed by atoms with E-state index in [1.165, 1.54) is 13.0 Å². The fourth-order valence-electron chi connectivity index (χ4n) is 0.944. The zero-order valence-electron chi connectivity index (χ0n) is 8.72. The highest BCUT2D eigenvalue weighted by molar-refractivity contribution is 7.16. The molecule has 0 N–H and O–H groups in total. The summed E-state index contributed by atoms with van der Waals surface area (Å²) >= 11 is 0.931. The Kier molecular flexibility index (Phi) is 3.64. The van der Waals surface area contributed by atoms with Gasteiger partial charge in [-0.25, -0.2) is 0 Å². The van der Waals surface area contributed by atoms with Crippen molar-refractivity contribution in [3.63, 3.8) is 0 Å². The molecule has 0 bridgehead atoms. The molecule has 0 saturated carbocycles. The third kappa shape index (κ3) is 2.58. The molecule has 0 aliphatic rings. The molecular weight excluding hydrogens is 230 g/mol. The van der Waals surface area contributed by atoms with Gasteiger partial charge in [-0.05, 0) is 13.8 Å². The first-order valence-corrected chi connectivity index (χ1v) is 5.19. The lowest BCUT2D eigenvalue weighted by Gasteiger charge is -2.04. The number of nitrogens with zero attached hydrogens (tertiary/aromatic N) is 1. The molecule has 0 fully saturated rings. The van der Waals surface area contributed by atoms with Gasteiger partial charge in [0.1, 0.15) is 0 Å². The normalized spacial score (nSPS) is 11.6. The largest absolute Gasteiger partial charge is 0.463 e. The summed E-state index contributed by atoms with van der Waals surface area (Å²) < 4.78 is 5.18. The van der Waals surface area contributed by atoms with Crippen LogP contribution >= 0.6 is 11.3 Å². The van der Waals surface area contributed by atoms with Crippen LogP contribution in [-0.4, -0.2) is 16.8 Å². The molecule has 6 heteroatoms. The Labute approximate surface area is 96.2 Å². The SMILES string of the molecule is C#CC(C)Oc1sc(C(C)=O)cc1[N+](=O)[O-]. The van der Waals surface area contributed by atoms with E-state index in [2.05, 4.69) is 5.92 Å². The summed E-state index contributed by atoms with van der Waals surface area (Å²) in [6, 6.07) is 1.20. The van der Waals surface area contributed by atoms with Crippen LogP contribution < -0.4 is 4.74 Å². The number of ether oxygens (including phenoxy) is 1. The highest BCUT2D eigenvalue weighted by atomic mass is 32.1. The minimum atomic E-state index is -0.596. The number of nitro groups is 1. The fraction of sp³-hybridized carbons (Fsp3) is 0.300. The molecule has 1 heterocycles. The smallest absolute Gasteiger partial charge is 0.323 e. The van der Waals surface area contributed by atoms with Gasteiger partial charge in [-0.3, -0.25) is 14.9 Å². The van der Waals surface area contributed by atoms with Crippen LogP contribution in [0, 0.1) is 22.5 Å². The van der Waals surface area contributed by atoms with Crippen LogP contribution in [0.25, 0.3) is 0 Å². The molecule has 16 heavy (non-hydrogen) atoms. The predicted octanol–water partition coefficient (Wildman–Crippen LogP) is 2.26. The number of rotatable bonds is 4. The van der Waals surface area contributed by atoms with Crippen molar-refractivity contribution < 1.29 is 14.5 Å². The topological polar surface area (TPSA) is 69.4 Å². The highest BCUT2D eigenvalue weighted by Gasteiger charge is 2.23. The highest BCUT2D eigenvalue weighted by Crippen LogP contribution is 2.37. The van der Waals surface area contributed by atoms with E-state index >= 15 is 0 Å². The summed E-state index contributed by atoms with van der Waals surface area (Å²) in [5, 5.41) is 10.8. The number of Topliss-reactive ketones (excluding diaryl/α,β-unsaturated/α-hetero) is 1. The van der Waals surface area contributed by atoms with E-state index in [4.69, 9.17) is 11.2 Å². The van der Waals surface area contributed by atoms with Gasteiger partial charge >= 0.3 is 5.69 Å². The van der Waals surface area contributed by atoms with Crippen molar-refractivity contribution in [2.75, 3.05) is 0 Å². The van der Waals surface area contributed by atoms with Gasteiger partial charge in [0, 0.05) is 6.07 Å². The molecular formula is C10H9NO4S. The molecule has 0 amide bonds. The standard InChI is InChI=1S/C10H9NO4S/c1-4-6(2)15-10-8(11(13)14)5-9(16-10)7(3)12/h1,5-6H,2-3H3. The predicted molar refractivity (Wildman–Crippen MR) is 59.9 cm³/mol. The lowest BCUT2D eigenvalue weighted by Crippen LogP contribution is -2.07. The molecule has 0 aliphatic heterocycles. The quantitative estimate of drug-likeness (QED) is 0.350. The van der Waals surface area contributed by atoms with Gasteiger partial charge in [0.05, 0.1) is 9.80 Å². The van der Waals surface area contributed by atoms with Crippen molar-refractivity contribution in [2.45, 2.75) is 20.0 Å². The van der Waals surface area contributed by atoms with Gasteiger partial charge in [0.25, 0.3) is 5.06 Å². The van der Waals surface area contributed by atoms with Crippen LogP contribution in [0.3, 0.4) is 0 Å². The fourth-order valence-corrected chi connectivity index (χ4v) is 1.89. The van der Waals surface area contributed by atoms with Crippen LogP contribution in [0.5, 0.6) is 5.06 Å². The Morgan fingerprint density at radius 2 is 2.38 bits per heavy atom. The number of hydrogen-bond donors (Lipinski definition) is 0. The molecule has 0 aliphatic carbocycles. The number of carbonyl (C=O) groups is 1. The van der Waals surface area contributed by atoms with Crippen molar-refractivity contribution in [3.8, 4) is 17.4 Å². The van der Waals surface area contributed by atoms with Gasteiger partial charge in [0.15, 0.2) is 11.9 Å². The van der Waals surface area contributed by atoms with Crippen LogP contribution in [0.2, 0.25) is 0 Å². The molecule has 1 atom stereocenters. The van der Waals surface area contributed by atoms with Crippen LogP contribution in [-0.2, 0) is 0 Å². The van der Waals surface area contributed by atoms with Gasteiger partial charge in [-0.15, -0.1) is 6.42 Å². The minimum absolute atomic E-state index is 0.0700. The lowest BCUT2D eigenvalue weighted by atomic mass is 10.3. The minimum Gasteiger partial charge on any atom is -0.463 e. The Morgan fingerprint density at radius 3 is 2.81 bits per heavy atom. The zero-order chi connectivity index (χ0) is 12.3. The molecule has 84 valence electrons. The molecule has 1 aromatic heterocycles. The first-order chi connectivity index (χ1) is 7.45. The van der Waals surface area contributed by atoms with Crippen molar-refractivity contribution in [2.24, 2.45) is 0 Å². The molecule has 1 aromatic rings. The van der Waals surface area contributed by atoms with Gasteiger partial charge in [-0.2, -0.15) is 0 Å². The van der Waals surface area contributed by atoms with E-state index in [9.17, 15) is 14.9 Å². The van der Waals surface area contributed by atoms with E-state index in [1.807, 2.05) is 0 Å². The number of terminal acetylenes is 1. The maximum absolute atomic E-state index is 11.1. The molecule has 0 aromatic carbocycles. The van der Waals surface area contributed by atoms with Crippen LogP contribution in [0.4, 0.5) is 5.69 Å². The summed E-state index contributed by atoms with van der Waals surface area (Å²) in [5.41, 5.74) is -0.225. The molecule has 1 unspecified atom stereocenters. The molecule has 0 spiro atoms. The maximum atomic E-state index is 11.1. The van der Waals surface area contributed by atoms with Crippen molar-refractivity contribution in [3.05, 3.63) is 21.1 Å². The third-order valence-electron chi connectivity index (χ3n) is 1.74. The molecule has 0 radical (unpaired) electrons. The summed E-state index contributed by atoms with van der Waals surface area (Å²) in [7, 11) is 0. The van der Waals surface area contributed by atoms with Crippen LogP contribution in [0.1, 0.15) is 23.5 Å². The van der Waals surface area contributed by atoms with E-state index in [0.29, 0.717) is 0 Å². The Balaban J connectivity index is 3.11. The summed E-state index contributed by atoms with van der Waals surface area (Å²) in [4.78, 5) is 21.5. The number of carbonyl (C=O) groups excluding carboxylic acids is 1. The molecule has 1 rings (SSSR count). The summed E-state index contributed by atoms with van der Waals surface area (Å²) in [5.74, 6) is 2.06. The lowest BCUT2D eigenvalue weighted by molar-refractivity contribution is -0.385. The number of thiophene rings is 1. The van der Waals surface area contributed by atoms with E-state index in [0.717, 1.165) is 11.3 Å². The zero-order valence-corrected chi connectivity index (χ0v) is 9.54. The Morgan fingerprint density at radius 1 is 1.75 bits per heavy atom. The van der Waals surface area contributed by atoms with Gasteiger partial charge in [0.2, 0.25) is 0 Å². The first-order valence-electron chi connectivity index (χ1n) is 4.37. The number of ketones is 1. The van der Waals surface area contributed by atoms with Crippen molar-refractivity contribution >= 4 is 22.8 Å². The van der Waals surface area contributed by atoms with E-state index in [1.54, 1.807) is 6.92 Å². The van der Waals surface area contributed by atoms with E-state index in [-0.39, 0.29) is 21.4 Å². The van der Waals surface area contributed by atoms with Gasteiger partial charge < -0.3 is 4.74 Å². The average molecular weight is 239 g/mol.